The number of nitro groups is 1. The highest BCUT2D eigenvalue weighted by Crippen LogP contribution is 2.26. The average molecular weight is 343 g/mol. The second kappa shape index (κ2) is 8.79. The summed E-state index contributed by atoms with van der Waals surface area (Å²) in [6.45, 7) is 2.69. The SMILES string of the molecule is CCN(CCO)C(=O)c1ccc(NCc2ccccc2)c([N+](=O)[O-])c1. The van der Waals surface area contributed by atoms with Gasteiger partial charge in [0, 0.05) is 31.3 Å². The topological polar surface area (TPSA) is 95.7 Å². The van der Waals surface area contributed by atoms with Crippen molar-refractivity contribution in [3.63, 3.8) is 0 Å². The van der Waals surface area contributed by atoms with Crippen LogP contribution in [0.5, 0.6) is 0 Å². The normalized spacial score (nSPS) is 10.3. The first-order chi connectivity index (χ1) is 12.1. The molecule has 0 bridgehead atoms. The van der Waals surface area contributed by atoms with E-state index in [9.17, 15) is 14.9 Å². The van der Waals surface area contributed by atoms with Crippen molar-refractivity contribution in [3.8, 4) is 0 Å². The van der Waals surface area contributed by atoms with Crippen molar-refractivity contribution in [2.45, 2.75) is 13.5 Å². The number of nitrogens with zero attached hydrogens (tertiary/aromatic N) is 2. The number of nitro benzene ring substituents is 1. The first kappa shape index (κ1) is 18.4. The van der Waals surface area contributed by atoms with Crippen LogP contribution < -0.4 is 5.32 Å². The minimum absolute atomic E-state index is 0.151. The van der Waals surface area contributed by atoms with Gasteiger partial charge in [0.05, 0.1) is 11.5 Å². The van der Waals surface area contributed by atoms with E-state index < -0.39 is 4.92 Å². The molecule has 2 aromatic carbocycles. The van der Waals surface area contributed by atoms with E-state index in [-0.39, 0.29) is 30.3 Å². The summed E-state index contributed by atoms with van der Waals surface area (Å²) in [5.74, 6) is -0.339. The average Bonchev–Trinajstić information content (AvgIpc) is 2.64. The molecular formula is C18H21N3O4. The molecule has 0 saturated carbocycles. The first-order valence-corrected chi connectivity index (χ1v) is 8.03. The minimum atomic E-state index is -0.508. The molecule has 0 aromatic heterocycles. The van der Waals surface area contributed by atoms with Crippen molar-refractivity contribution in [1.29, 1.82) is 0 Å². The van der Waals surface area contributed by atoms with Crippen LogP contribution in [0.15, 0.2) is 48.5 Å². The summed E-state index contributed by atoms with van der Waals surface area (Å²) in [6, 6.07) is 13.9. The van der Waals surface area contributed by atoms with E-state index in [2.05, 4.69) is 5.32 Å². The van der Waals surface area contributed by atoms with Crippen LogP contribution >= 0.6 is 0 Å². The standard InChI is InChI=1S/C18H21N3O4/c1-2-20(10-11-22)18(23)15-8-9-16(17(12-15)21(24)25)19-13-14-6-4-3-5-7-14/h3-9,12,19,22H,2,10-11,13H2,1H3. The van der Waals surface area contributed by atoms with Crippen molar-refractivity contribution < 1.29 is 14.8 Å². The number of carbonyl (C=O) groups excluding carboxylic acids is 1. The number of aliphatic hydroxyl groups is 1. The van der Waals surface area contributed by atoms with Gasteiger partial charge in [-0.3, -0.25) is 14.9 Å². The Kier molecular flexibility index (Phi) is 6.47. The van der Waals surface area contributed by atoms with Gasteiger partial charge in [-0.2, -0.15) is 0 Å². The van der Waals surface area contributed by atoms with Gasteiger partial charge in [-0.05, 0) is 24.6 Å². The second-order valence-corrected chi connectivity index (χ2v) is 5.44. The molecule has 2 rings (SSSR count). The maximum atomic E-state index is 12.4. The molecule has 25 heavy (non-hydrogen) atoms. The van der Waals surface area contributed by atoms with Crippen LogP contribution in [-0.2, 0) is 6.54 Å². The molecule has 0 heterocycles. The molecule has 0 radical (unpaired) electrons. The molecule has 0 atom stereocenters. The van der Waals surface area contributed by atoms with Crippen molar-refractivity contribution in [2.24, 2.45) is 0 Å². The molecule has 2 aromatic rings. The van der Waals surface area contributed by atoms with Crippen LogP contribution in [0.3, 0.4) is 0 Å². The van der Waals surface area contributed by atoms with E-state index in [4.69, 9.17) is 5.11 Å². The summed E-state index contributed by atoms with van der Waals surface area (Å²) >= 11 is 0. The Labute approximate surface area is 146 Å². The Hall–Kier alpha value is -2.93. The highest BCUT2D eigenvalue weighted by molar-refractivity contribution is 5.95. The molecule has 7 heteroatoms. The van der Waals surface area contributed by atoms with Crippen molar-refractivity contribution in [3.05, 3.63) is 69.8 Å². The molecule has 0 saturated heterocycles. The van der Waals surface area contributed by atoms with Gasteiger partial charge in [0.15, 0.2) is 0 Å². The summed E-state index contributed by atoms with van der Waals surface area (Å²) in [5.41, 5.74) is 1.43. The van der Waals surface area contributed by atoms with Gasteiger partial charge in [-0.25, -0.2) is 0 Å². The summed E-state index contributed by atoms with van der Waals surface area (Å²) in [5, 5.41) is 23.4. The maximum Gasteiger partial charge on any atom is 0.293 e. The fraction of sp³-hybridized carbons (Fsp3) is 0.278. The zero-order valence-corrected chi connectivity index (χ0v) is 14.0. The second-order valence-electron chi connectivity index (χ2n) is 5.44. The summed E-state index contributed by atoms with van der Waals surface area (Å²) < 4.78 is 0. The molecule has 1 amide bonds. The number of anilines is 1. The van der Waals surface area contributed by atoms with Gasteiger partial charge in [0.25, 0.3) is 11.6 Å². The number of rotatable bonds is 8. The smallest absolute Gasteiger partial charge is 0.293 e. The molecule has 0 aliphatic heterocycles. The lowest BCUT2D eigenvalue weighted by atomic mass is 10.1. The molecule has 0 fully saturated rings. The van der Waals surface area contributed by atoms with Gasteiger partial charge in [-0.1, -0.05) is 30.3 Å². The molecule has 132 valence electrons. The zero-order chi connectivity index (χ0) is 18.2. The number of amides is 1. The lowest BCUT2D eigenvalue weighted by Crippen LogP contribution is -2.33. The number of aliphatic hydroxyl groups excluding tert-OH is 1. The molecule has 2 N–H and O–H groups in total. The highest BCUT2D eigenvalue weighted by Gasteiger charge is 2.20. The zero-order valence-electron chi connectivity index (χ0n) is 14.0. The summed E-state index contributed by atoms with van der Waals surface area (Å²) in [4.78, 5) is 24.7. The van der Waals surface area contributed by atoms with Crippen LogP contribution in [-0.4, -0.2) is 40.5 Å². The minimum Gasteiger partial charge on any atom is -0.395 e. The van der Waals surface area contributed by atoms with E-state index in [0.717, 1.165) is 5.56 Å². The maximum absolute atomic E-state index is 12.4. The largest absolute Gasteiger partial charge is 0.395 e. The molecule has 0 spiro atoms. The van der Waals surface area contributed by atoms with Crippen LogP contribution in [0, 0.1) is 10.1 Å². The molecule has 7 nitrogen and oxygen atoms in total. The number of nitrogens with one attached hydrogen (secondary N) is 1. The van der Waals surface area contributed by atoms with E-state index >= 15 is 0 Å². The number of hydrogen-bond donors (Lipinski definition) is 2. The number of carbonyl (C=O) groups is 1. The molecule has 0 aliphatic rings. The fourth-order valence-electron chi connectivity index (χ4n) is 2.46. The fourth-order valence-corrected chi connectivity index (χ4v) is 2.46. The Bertz CT molecular complexity index is 734. The third kappa shape index (κ3) is 4.77. The quantitative estimate of drug-likeness (QED) is 0.567. The first-order valence-electron chi connectivity index (χ1n) is 8.03. The van der Waals surface area contributed by atoms with E-state index in [0.29, 0.717) is 18.8 Å². The van der Waals surface area contributed by atoms with E-state index in [1.54, 1.807) is 19.1 Å². The summed E-state index contributed by atoms with van der Waals surface area (Å²) in [7, 11) is 0. The number of hydrogen-bond acceptors (Lipinski definition) is 5. The van der Waals surface area contributed by atoms with Crippen LogP contribution in [0.4, 0.5) is 11.4 Å². The van der Waals surface area contributed by atoms with Gasteiger partial charge < -0.3 is 15.3 Å². The van der Waals surface area contributed by atoms with E-state index in [1.165, 1.54) is 11.0 Å². The Morgan fingerprint density at radius 2 is 1.96 bits per heavy atom. The van der Waals surface area contributed by atoms with Gasteiger partial charge in [0.1, 0.15) is 5.69 Å². The monoisotopic (exact) mass is 343 g/mol. The van der Waals surface area contributed by atoms with Crippen molar-refractivity contribution in [1.82, 2.24) is 4.90 Å². The third-order valence-electron chi connectivity index (χ3n) is 3.81. The van der Waals surface area contributed by atoms with Crippen LogP contribution in [0.25, 0.3) is 0 Å². The van der Waals surface area contributed by atoms with E-state index in [1.807, 2.05) is 30.3 Å². The molecular weight excluding hydrogens is 322 g/mol. The Morgan fingerprint density at radius 1 is 1.24 bits per heavy atom. The lowest BCUT2D eigenvalue weighted by Gasteiger charge is -2.19. The predicted molar refractivity (Wildman–Crippen MR) is 95.5 cm³/mol. The van der Waals surface area contributed by atoms with Crippen LogP contribution in [0.2, 0.25) is 0 Å². The predicted octanol–water partition coefficient (Wildman–Crippen LogP) is 2.66. The lowest BCUT2D eigenvalue weighted by molar-refractivity contribution is -0.384. The Morgan fingerprint density at radius 3 is 2.56 bits per heavy atom. The van der Waals surface area contributed by atoms with Crippen LogP contribution in [0.1, 0.15) is 22.8 Å². The van der Waals surface area contributed by atoms with Crippen molar-refractivity contribution in [2.75, 3.05) is 25.0 Å². The Balaban J connectivity index is 2.22. The van der Waals surface area contributed by atoms with Crippen molar-refractivity contribution >= 4 is 17.3 Å². The van der Waals surface area contributed by atoms with Gasteiger partial charge in [0.2, 0.25) is 0 Å². The number of likely N-dealkylation sites (N-methyl/N-ethyl adjacent to an activating group) is 1. The number of benzene rings is 2. The highest BCUT2D eigenvalue weighted by atomic mass is 16.6. The summed E-state index contributed by atoms with van der Waals surface area (Å²) in [6.07, 6.45) is 0. The molecule has 0 aliphatic carbocycles. The van der Waals surface area contributed by atoms with Gasteiger partial charge in [-0.15, -0.1) is 0 Å². The van der Waals surface area contributed by atoms with Gasteiger partial charge >= 0.3 is 0 Å². The molecule has 0 unspecified atom stereocenters. The third-order valence-corrected chi connectivity index (χ3v) is 3.81.